The van der Waals surface area contributed by atoms with Gasteiger partial charge in [0, 0.05) is 46.5 Å². The zero-order chi connectivity index (χ0) is 29.6. The lowest BCUT2D eigenvalue weighted by molar-refractivity contribution is -0.228. The van der Waals surface area contributed by atoms with Gasteiger partial charge in [-0.3, -0.25) is 19.2 Å². The number of hydrogen-bond donors (Lipinski definition) is 0. The lowest BCUT2D eigenvalue weighted by atomic mass is 9.53. The Kier molecular flexibility index (Phi) is 6.42. The van der Waals surface area contributed by atoms with Gasteiger partial charge in [0.1, 0.15) is 24.4 Å². The zero-order valence-electron chi connectivity index (χ0n) is 23.9. The van der Waals surface area contributed by atoms with E-state index in [4.69, 9.17) is 33.2 Å². The molecule has 1 spiro atoms. The van der Waals surface area contributed by atoms with Gasteiger partial charge >= 0.3 is 29.8 Å². The monoisotopic (exact) mass is 564 g/mol. The lowest BCUT2D eigenvalue weighted by Gasteiger charge is -2.54. The second-order valence-corrected chi connectivity index (χ2v) is 12.1. The van der Waals surface area contributed by atoms with Gasteiger partial charge in [0.2, 0.25) is 0 Å². The van der Waals surface area contributed by atoms with Crippen LogP contribution in [-0.4, -0.2) is 83.3 Å². The van der Waals surface area contributed by atoms with Crippen LogP contribution in [0.1, 0.15) is 68.2 Å². The number of carbonyl (C=O) groups is 5. The molecule has 0 N–H and O–H groups in total. The Balaban J connectivity index is 1.81. The highest BCUT2D eigenvalue weighted by Gasteiger charge is 2.89. The van der Waals surface area contributed by atoms with E-state index < -0.39 is 94.6 Å². The first-order valence-corrected chi connectivity index (χ1v) is 13.5. The first-order chi connectivity index (χ1) is 18.5. The van der Waals surface area contributed by atoms with Gasteiger partial charge in [-0.15, -0.1) is 0 Å². The summed E-state index contributed by atoms with van der Waals surface area (Å²) >= 11 is 0. The first-order valence-electron chi connectivity index (χ1n) is 13.5. The van der Waals surface area contributed by atoms with E-state index in [-0.39, 0.29) is 12.8 Å². The minimum absolute atomic E-state index is 0.104. The summed E-state index contributed by atoms with van der Waals surface area (Å²) in [6.07, 6.45) is -3.61. The van der Waals surface area contributed by atoms with Gasteiger partial charge in [-0.25, -0.2) is 4.79 Å². The molecule has 3 aliphatic heterocycles. The Bertz CT molecular complexity index is 1210. The fourth-order valence-corrected chi connectivity index (χ4v) is 7.70. The summed E-state index contributed by atoms with van der Waals surface area (Å²) in [5.74, 6) is -3.99. The SMILES string of the molecule is CC(=O)O[C@H]1C[C@@H]2O[C@]2(C)[C@@H]2[C@H](OC(C)=O)C34O[C@@]3(C)C(=O)O[C@H]4/C=C(/C)C[C@@H](OC(C)=O)[C@H](OC(C)=O)[C@@]12C. The highest BCUT2D eigenvalue weighted by molar-refractivity contribution is 5.89. The molecule has 1 unspecified atom stereocenters. The maximum absolute atomic E-state index is 13.1. The summed E-state index contributed by atoms with van der Waals surface area (Å²) in [5.41, 5.74) is -4.56. The van der Waals surface area contributed by atoms with Crippen molar-refractivity contribution in [3.8, 4) is 0 Å². The van der Waals surface area contributed by atoms with Crippen LogP contribution in [0.2, 0.25) is 0 Å². The minimum Gasteiger partial charge on any atom is -0.462 e. The Morgan fingerprint density at radius 3 is 2.00 bits per heavy atom. The highest BCUT2D eigenvalue weighted by Crippen LogP contribution is 2.69. The van der Waals surface area contributed by atoms with Crippen molar-refractivity contribution in [3.05, 3.63) is 11.6 Å². The summed E-state index contributed by atoms with van der Waals surface area (Å²) < 4.78 is 41.9. The Labute approximate surface area is 231 Å². The molecule has 3 heterocycles. The van der Waals surface area contributed by atoms with Crippen LogP contribution >= 0.6 is 0 Å². The summed E-state index contributed by atoms with van der Waals surface area (Å²) in [6.45, 7) is 11.9. The van der Waals surface area contributed by atoms with Crippen molar-refractivity contribution in [1.29, 1.82) is 0 Å². The van der Waals surface area contributed by atoms with Crippen LogP contribution < -0.4 is 0 Å². The van der Waals surface area contributed by atoms with Crippen LogP contribution in [0.4, 0.5) is 0 Å². The fourth-order valence-electron chi connectivity index (χ4n) is 7.70. The molecule has 0 radical (unpaired) electrons. The van der Waals surface area contributed by atoms with E-state index >= 15 is 0 Å². The smallest absolute Gasteiger partial charge is 0.342 e. The lowest BCUT2D eigenvalue weighted by Crippen LogP contribution is -2.68. The van der Waals surface area contributed by atoms with Crippen molar-refractivity contribution < 1.29 is 57.1 Å². The minimum atomic E-state index is -1.43. The number of rotatable bonds is 4. The van der Waals surface area contributed by atoms with Gasteiger partial charge in [0.15, 0.2) is 17.3 Å². The number of esters is 5. The molecule has 1 saturated carbocycles. The van der Waals surface area contributed by atoms with Crippen LogP contribution in [0.5, 0.6) is 0 Å². The van der Waals surface area contributed by atoms with Crippen molar-refractivity contribution in [2.45, 2.75) is 122 Å². The average Bonchev–Trinajstić information content (AvgIpc) is 3.64. The maximum atomic E-state index is 13.1. The third-order valence-electron chi connectivity index (χ3n) is 9.36. The van der Waals surface area contributed by atoms with Crippen LogP contribution in [0.25, 0.3) is 0 Å². The third kappa shape index (κ3) is 3.97. The van der Waals surface area contributed by atoms with E-state index in [0.717, 1.165) is 0 Å². The molecular formula is C28H36O12. The predicted molar refractivity (Wildman–Crippen MR) is 132 cm³/mol. The predicted octanol–water partition coefficient (Wildman–Crippen LogP) is 1.70. The molecule has 0 aromatic rings. The summed E-state index contributed by atoms with van der Waals surface area (Å²) in [4.78, 5) is 63.2. The maximum Gasteiger partial charge on any atom is 0.342 e. The van der Waals surface area contributed by atoms with E-state index in [0.29, 0.717) is 5.57 Å². The van der Waals surface area contributed by atoms with Crippen LogP contribution in [-0.2, 0) is 57.1 Å². The molecule has 0 amide bonds. The van der Waals surface area contributed by atoms with Crippen molar-refractivity contribution >= 4 is 29.8 Å². The van der Waals surface area contributed by atoms with E-state index in [1.807, 2.05) is 6.92 Å². The number of hydrogen-bond acceptors (Lipinski definition) is 12. The van der Waals surface area contributed by atoms with Gasteiger partial charge in [-0.1, -0.05) is 12.5 Å². The topological polar surface area (TPSA) is 157 Å². The molecule has 0 aromatic heterocycles. The van der Waals surface area contributed by atoms with Gasteiger partial charge in [0.25, 0.3) is 0 Å². The normalized spacial score (nSPS) is 47.9. The van der Waals surface area contributed by atoms with E-state index in [1.165, 1.54) is 27.7 Å². The van der Waals surface area contributed by atoms with Crippen LogP contribution in [0.15, 0.2) is 11.6 Å². The molecule has 2 aliphatic carbocycles. The second-order valence-electron chi connectivity index (χ2n) is 12.1. The third-order valence-corrected chi connectivity index (χ3v) is 9.36. The number of carbonyl (C=O) groups excluding carboxylic acids is 5. The second kappa shape index (κ2) is 9.01. The Morgan fingerprint density at radius 1 is 0.875 bits per heavy atom. The quantitative estimate of drug-likeness (QED) is 0.211. The molecule has 220 valence electrons. The molecular weight excluding hydrogens is 528 g/mol. The van der Waals surface area contributed by atoms with E-state index in [2.05, 4.69) is 0 Å². The molecule has 5 aliphatic rings. The number of fused-ring (bicyclic) bond motifs is 3. The molecule has 0 aromatic carbocycles. The molecule has 12 nitrogen and oxygen atoms in total. The van der Waals surface area contributed by atoms with Crippen molar-refractivity contribution in [2.24, 2.45) is 11.3 Å². The van der Waals surface area contributed by atoms with E-state index in [1.54, 1.807) is 26.8 Å². The number of epoxide rings is 2. The van der Waals surface area contributed by atoms with Crippen LogP contribution in [0, 0.1) is 11.3 Å². The highest BCUT2D eigenvalue weighted by atomic mass is 16.7. The number of ether oxygens (including phenoxy) is 7. The molecule has 3 saturated heterocycles. The van der Waals surface area contributed by atoms with Gasteiger partial charge in [0.05, 0.1) is 17.1 Å². The Hall–Kier alpha value is -2.99. The summed E-state index contributed by atoms with van der Waals surface area (Å²) in [6, 6.07) is 0. The fraction of sp³-hybridized carbons (Fsp3) is 0.750. The van der Waals surface area contributed by atoms with Crippen LogP contribution in [0.3, 0.4) is 0 Å². The first kappa shape index (κ1) is 28.5. The Morgan fingerprint density at radius 2 is 1.45 bits per heavy atom. The molecule has 12 heteroatoms. The van der Waals surface area contributed by atoms with Crippen molar-refractivity contribution in [2.75, 3.05) is 0 Å². The molecule has 11 atom stereocenters. The molecule has 0 bridgehead atoms. The van der Waals surface area contributed by atoms with Crippen molar-refractivity contribution in [3.63, 3.8) is 0 Å². The standard InChI is InChI=1S/C28H36O12/c1-12-9-17(34-13(2)29)22(36-15(4)31)25(6)18(35-14(3)30)11-19-26(7,39-19)21(25)23(37-16(5)32)28-20(10-12)38-24(33)27(28,8)40-28/h10,17-23H,9,11H2,1-8H3/b12-10-/t17-,18+,19+,20+,21-,22+,23+,25+,26+,27+,28?/m1/s1. The van der Waals surface area contributed by atoms with Gasteiger partial charge < -0.3 is 33.2 Å². The molecule has 5 rings (SSSR count). The molecule has 4 fully saturated rings. The van der Waals surface area contributed by atoms with Crippen molar-refractivity contribution in [1.82, 2.24) is 0 Å². The summed E-state index contributed by atoms with van der Waals surface area (Å²) in [7, 11) is 0. The zero-order valence-corrected chi connectivity index (χ0v) is 23.9. The average molecular weight is 565 g/mol. The van der Waals surface area contributed by atoms with E-state index in [9.17, 15) is 24.0 Å². The largest absolute Gasteiger partial charge is 0.462 e. The molecule has 40 heavy (non-hydrogen) atoms. The van der Waals surface area contributed by atoms with Gasteiger partial charge in [-0.05, 0) is 26.8 Å². The van der Waals surface area contributed by atoms with Gasteiger partial charge in [-0.2, -0.15) is 0 Å². The summed E-state index contributed by atoms with van der Waals surface area (Å²) in [5, 5.41) is 0.